The van der Waals surface area contributed by atoms with Crippen molar-refractivity contribution in [3.8, 4) is 11.1 Å². The number of para-hydroxylation sites is 1. The van der Waals surface area contributed by atoms with Crippen molar-refractivity contribution in [1.29, 1.82) is 0 Å². The van der Waals surface area contributed by atoms with Crippen LogP contribution in [0.1, 0.15) is 5.56 Å². The molecule has 3 rings (SSSR count). The average Bonchev–Trinajstić information content (AvgIpc) is 2.68. The monoisotopic (exact) mass is 345 g/mol. The van der Waals surface area contributed by atoms with Gasteiger partial charge in [0.05, 0.1) is 10.5 Å². The molecule has 0 atom stereocenters. The van der Waals surface area contributed by atoms with Crippen molar-refractivity contribution in [1.82, 2.24) is 4.98 Å². The molecule has 0 saturated carbocycles. The summed E-state index contributed by atoms with van der Waals surface area (Å²) in [4.78, 5) is 26.7. The van der Waals surface area contributed by atoms with Crippen molar-refractivity contribution < 1.29 is 9.72 Å². The van der Waals surface area contributed by atoms with Crippen molar-refractivity contribution >= 4 is 23.5 Å². The molecule has 2 aromatic carbocycles. The van der Waals surface area contributed by atoms with Crippen LogP contribution in [0.15, 0.2) is 79.0 Å². The van der Waals surface area contributed by atoms with Gasteiger partial charge in [-0.15, -0.1) is 0 Å². The summed E-state index contributed by atoms with van der Waals surface area (Å²) in [6.45, 7) is 0. The molecule has 0 aliphatic heterocycles. The summed E-state index contributed by atoms with van der Waals surface area (Å²) in [7, 11) is 0. The SMILES string of the molecule is O=C(C=Cc1ccccc1[N+](=O)[O-])Nc1ccc(-c2ccccc2)cn1. The first kappa shape index (κ1) is 17.0. The second-order valence-corrected chi connectivity index (χ2v) is 5.44. The zero-order chi connectivity index (χ0) is 18.4. The number of carbonyl (C=O) groups excluding carboxylic acids is 1. The zero-order valence-corrected chi connectivity index (χ0v) is 13.7. The van der Waals surface area contributed by atoms with E-state index in [1.165, 1.54) is 18.2 Å². The highest BCUT2D eigenvalue weighted by atomic mass is 16.6. The highest BCUT2D eigenvalue weighted by molar-refractivity contribution is 6.01. The van der Waals surface area contributed by atoms with E-state index in [1.807, 2.05) is 36.4 Å². The highest BCUT2D eigenvalue weighted by Crippen LogP contribution is 2.20. The Morgan fingerprint density at radius 1 is 0.962 bits per heavy atom. The van der Waals surface area contributed by atoms with Gasteiger partial charge in [0.15, 0.2) is 0 Å². The van der Waals surface area contributed by atoms with Gasteiger partial charge in [-0.3, -0.25) is 14.9 Å². The van der Waals surface area contributed by atoms with Gasteiger partial charge in [0.25, 0.3) is 5.69 Å². The summed E-state index contributed by atoms with van der Waals surface area (Å²) < 4.78 is 0. The second-order valence-electron chi connectivity index (χ2n) is 5.44. The van der Waals surface area contributed by atoms with Crippen molar-refractivity contribution in [2.45, 2.75) is 0 Å². The number of amides is 1. The van der Waals surface area contributed by atoms with Gasteiger partial charge in [-0.1, -0.05) is 42.5 Å². The molecule has 0 radical (unpaired) electrons. The molecule has 0 spiro atoms. The van der Waals surface area contributed by atoms with Gasteiger partial charge in [0.1, 0.15) is 5.82 Å². The smallest absolute Gasteiger partial charge is 0.276 e. The van der Waals surface area contributed by atoms with Crippen molar-refractivity contribution in [2.24, 2.45) is 0 Å². The number of pyridine rings is 1. The molecule has 0 unspecified atom stereocenters. The zero-order valence-electron chi connectivity index (χ0n) is 13.7. The third-order valence-electron chi connectivity index (χ3n) is 3.67. The molecule has 26 heavy (non-hydrogen) atoms. The Hall–Kier alpha value is -3.80. The van der Waals surface area contributed by atoms with E-state index in [4.69, 9.17) is 0 Å². The molecule has 128 valence electrons. The highest BCUT2D eigenvalue weighted by Gasteiger charge is 2.10. The molecule has 6 heteroatoms. The Balaban J connectivity index is 1.68. The molecule has 3 aromatic rings. The maximum absolute atomic E-state index is 12.0. The number of nitro groups is 1. The lowest BCUT2D eigenvalue weighted by Crippen LogP contribution is -2.09. The maximum atomic E-state index is 12.0. The Morgan fingerprint density at radius 2 is 1.69 bits per heavy atom. The van der Waals surface area contributed by atoms with Crippen LogP contribution in [0.2, 0.25) is 0 Å². The molecular formula is C20H15N3O3. The molecule has 0 bridgehead atoms. The standard InChI is InChI=1S/C20H15N3O3/c24-20(13-11-16-8-4-5-9-18(16)23(25)26)22-19-12-10-17(14-21-19)15-6-2-1-3-7-15/h1-14H,(H,21,22,24). The second kappa shape index (κ2) is 7.85. The number of carbonyl (C=O) groups is 1. The molecule has 0 aliphatic carbocycles. The first-order valence-corrected chi connectivity index (χ1v) is 7.87. The van der Waals surface area contributed by atoms with Crippen LogP contribution in [-0.4, -0.2) is 15.8 Å². The summed E-state index contributed by atoms with van der Waals surface area (Å²) in [5.74, 6) is -0.00925. The summed E-state index contributed by atoms with van der Waals surface area (Å²) in [5.41, 5.74) is 2.29. The van der Waals surface area contributed by atoms with E-state index in [9.17, 15) is 14.9 Å². The van der Waals surface area contributed by atoms with Gasteiger partial charge in [-0.2, -0.15) is 0 Å². The van der Waals surface area contributed by atoms with E-state index in [1.54, 1.807) is 30.5 Å². The van der Waals surface area contributed by atoms with Gasteiger partial charge in [-0.05, 0) is 29.8 Å². The number of hydrogen-bond donors (Lipinski definition) is 1. The Labute approximate surface area is 150 Å². The summed E-state index contributed by atoms with van der Waals surface area (Å²) in [5, 5.41) is 13.6. The Morgan fingerprint density at radius 3 is 2.38 bits per heavy atom. The van der Waals surface area contributed by atoms with Gasteiger partial charge in [-0.25, -0.2) is 4.98 Å². The molecule has 1 aromatic heterocycles. The first-order chi connectivity index (χ1) is 12.6. The first-order valence-electron chi connectivity index (χ1n) is 7.87. The van der Waals surface area contributed by atoms with E-state index in [0.29, 0.717) is 11.4 Å². The van der Waals surface area contributed by atoms with Crippen LogP contribution < -0.4 is 5.32 Å². The van der Waals surface area contributed by atoms with Gasteiger partial charge < -0.3 is 5.32 Å². The number of nitrogens with one attached hydrogen (secondary N) is 1. The maximum Gasteiger partial charge on any atom is 0.276 e. The number of nitro benzene ring substituents is 1. The minimum atomic E-state index is -0.485. The average molecular weight is 345 g/mol. The third-order valence-corrected chi connectivity index (χ3v) is 3.67. The molecular weight excluding hydrogens is 330 g/mol. The van der Waals surface area contributed by atoms with E-state index in [-0.39, 0.29) is 5.69 Å². The predicted octanol–water partition coefficient (Wildman–Crippen LogP) is 4.31. The predicted molar refractivity (Wildman–Crippen MR) is 100 cm³/mol. The number of aromatic nitrogens is 1. The molecule has 0 fully saturated rings. The minimum absolute atomic E-state index is 0.0538. The number of benzene rings is 2. The van der Waals surface area contributed by atoms with Gasteiger partial charge in [0, 0.05) is 23.9 Å². The van der Waals surface area contributed by atoms with Gasteiger partial charge >= 0.3 is 0 Å². The van der Waals surface area contributed by atoms with Crippen LogP contribution in [0.4, 0.5) is 11.5 Å². The molecule has 1 heterocycles. The fourth-order valence-corrected chi connectivity index (χ4v) is 2.40. The van der Waals surface area contributed by atoms with Crippen LogP contribution in [0, 0.1) is 10.1 Å². The third kappa shape index (κ3) is 4.18. The van der Waals surface area contributed by atoms with Crippen LogP contribution in [-0.2, 0) is 4.79 Å². The van der Waals surface area contributed by atoms with Crippen LogP contribution in [0.5, 0.6) is 0 Å². The molecule has 6 nitrogen and oxygen atoms in total. The van der Waals surface area contributed by atoms with E-state index in [0.717, 1.165) is 11.1 Å². The number of hydrogen-bond acceptors (Lipinski definition) is 4. The van der Waals surface area contributed by atoms with Crippen LogP contribution >= 0.6 is 0 Å². The van der Waals surface area contributed by atoms with Crippen molar-refractivity contribution in [3.63, 3.8) is 0 Å². The van der Waals surface area contributed by atoms with Crippen LogP contribution in [0.3, 0.4) is 0 Å². The molecule has 0 aliphatic rings. The lowest BCUT2D eigenvalue weighted by atomic mass is 10.1. The van der Waals surface area contributed by atoms with Crippen molar-refractivity contribution in [2.75, 3.05) is 5.32 Å². The van der Waals surface area contributed by atoms with E-state index in [2.05, 4.69) is 10.3 Å². The van der Waals surface area contributed by atoms with Gasteiger partial charge in [0.2, 0.25) is 5.91 Å². The normalized spacial score (nSPS) is 10.6. The van der Waals surface area contributed by atoms with E-state index >= 15 is 0 Å². The Bertz CT molecular complexity index is 952. The topological polar surface area (TPSA) is 85.1 Å². The minimum Gasteiger partial charge on any atom is -0.307 e. The Kier molecular flexibility index (Phi) is 5.14. The number of rotatable bonds is 5. The summed E-state index contributed by atoms with van der Waals surface area (Å²) in [6, 6.07) is 19.6. The fraction of sp³-hybridized carbons (Fsp3) is 0. The van der Waals surface area contributed by atoms with E-state index < -0.39 is 10.8 Å². The number of nitrogens with zero attached hydrogens (tertiary/aromatic N) is 2. The summed E-state index contributed by atoms with van der Waals surface area (Å²) in [6.07, 6.45) is 4.33. The van der Waals surface area contributed by atoms with Crippen molar-refractivity contribution in [3.05, 3.63) is 94.7 Å². The van der Waals surface area contributed by atoms with Crippen LogP contribution in [0.25, 0.3) is 17.2 Å². The molecule has 1 amide bonds. The largest absolute Gasteiger partial charge is 0.307 e. The molecule has 1 N–H and O–H groups in total. The molecule has 0 saturated heterocycles. The fourth-order valence-electron chi connectivity index (χ4n) is 2.40. The lowest BCUT2D eigenvalue weighted by Gasteiger charge is -2.04. The summed E-state index contributed by atoms with van der Waals surface area (Å²) >= 11 is 0. The lowest BCUT2D eigenvalue weighted by molar-refractivity contribution is -0.385. The quantitative estimate of drug-likeness (QED) is 0.424. The number of anilines is 1.